The summed E-state index contributed by atoms with van der Waals surface area (Å²) in [5, 5.41) is 5.69. The van der Waals surface area contributed by atoms with Gasteiger partial charge in [0, 0.05) is 31.4 Å². The number of hydrogen-bond donors (Lipinski definition) is 2. The van der Waals surface area contributed by atoms with E-state index in [1.54, 1.807) is 29.8 Å². The molecule has 3 aromatic rings. The van der Waals surface area contributed by atoms with E-state index in [9.17, 15) is 9.59 Å². The van der Waals surface area contributed by atoms with Crippen molar-refractivity contribution < 1.29 is 14.3 Å². The van der Waals surface area contributed by atoms with E-state index in [-0.39, 0.29) is 23.3 Å². The molecule has 8 nitrogen and oxygen atoms in total. The van der Waals surface area contributed by atoms with E-state index < -0.39 is 0 Å². The Balaban J connectivity index is 1.80. The van der Waals surface area contributed by atoms with Crippen LogP contribution in [0.15, 0.2) is 48.7 Å². The van der Waals surface area contributed by atoms with Gasteiger partial charge in [0.25, 0.3) is 11.8 Å². The summed E-state index contributed by atoms with van der Waals surface area (Å²) in [5.74, 6) is 0.203. The van der Waals surface area contributed by atoms with Crippen LogP contribution in [0.3, 0.4) is 0 Å². The minimum absolute atomic E-state index is 0.182. The fourth-order valence-electron chi connectivity index (χ4n) is 2.95. The van der Waals surface area contributed by atoms with Crippen LogP contribution in [0.4, 0.5) is 0 Å². The van der Waals surface area contributed by atoms with Crippen molar-refractivity contribution in [3.05, 3.63) is 65.7 Å². The Bertz CT molecular complexity index is 1010. The molecule has 0 saturated carbocycles. The van der Waals surface area contributed by atoms with Gasteiger partial charge in [0.1, 0.15) is 5.75 Å². The molecule has 0 saturated heterocycles. The third-order valence-electron chi connectivity index (χ3n) is 4.44. The summed E-state index contributed by atoms with van der Waals surface area (Å²) in [6.45, 7) is 1.49. The summed E-state index contributed by atoms with van der Waals surface area (Å²) in [5.41, 5.74) is 1.63. The summed E-state index contributed by atoms with van der Waals surface area (Å²) >= 11 is 0. The smallest absolute Gasteiger partial charge is 0.287 e. The molecule has 2 N–H and O–H groups in total. The van der Waals surface area contributed by atoms with Gasteiger partial charge in [0.05, 0.1) is 12.6 Å². The molecule has 0 aliphatic carbocycles. The molecule has 3 rings (SSSR count). The molecule has 0 bridgehead atoms. The summed E-state index contributed by atoms with van der Waals surface area (Å²) in [6.07, 6.45) is 1.72. The number of ether oxygens (including phenoxy) is 1. The fraction of sp³-hybridized carbons (Fsp3) is 0.286. The lowest BCUT2D eigenvalue weighted by Gasteiger charge is -2.09. The topological polar surface area (TPSA) is 88.0 Å². The van der Waals surface area contributed by atoms with Gasteiger partial charge in [-0.3, -0.25) is 14.0 Å². The van der Waals surface area contributed by atoms with E-state index in [1.807, 2.05) is 49.3 Å². The first kappa shape index (κ1) is 20.3. The molecule has 0 fully saturated rings. The summed E-state index contributed by atoms with van der Waals surface area (Å²) < 4.78 is 6.94. The third kappa shape index (κ3) is 4.72. The predicted octanol–water partition coefficient (Wildman–Crippen LogP) is 1.56. The number of pyridine rings is 1. The molecule has 2 amide bonds. The van der Waals surface area contributed by atoms with Crippen molar-refractivity contribution in [1.82, 2.24) is 24.9 Å². The molecule has 0 radical (unpaired) electrons. The molecule has 0 spiro atoms. The average molecular weight is 395 g/mol. The number of amides is 2. The third-order valence-corrected chi connectivity index (χ3v) is 4.44. The quantitative estimate of drug-likeness (QED) is 0.604. The largest absolute Gasteiger partial charge is 0.496 e. The fourth-order valence-corrected chi connectivity index (χ4v) is 2.95. The predicted molar refractivity (Wildman–Crippen MR) is 110 cm³/mol. The van der Waals surface area contributed by atoms with Crippen LogP contribution in [0.1, 0.15) is 26.7 Å². The van der Waals surface area contributed by atoms with Crippen LogP contribution in [0.5, 0.6) is 5.75 Å². The summed E-state index contributed by atoms with van der Waals surface area (Å²) in [4.78, 5) is 31.7. The first-order chi connectivity index (χ1) is 14.0. The van der Waals surface area contributed by atoms with Crippen molar-refractivity contribution in [2.24, 2.45) is 0 Å². The van der Waals surface area contributed by atoms with Gasteiger partial charge in [-0.2, -0.15) is 0 Å². The molecule has 152 valence electrons. The van der Waals surface area contributed by atoms with Crippen molar-refractivity contribution in [1.29, 1.82) is 0 Å². The molecule has 0 aliphatic rings. The second-order valence-electron chi connectivity index (χ2n) is 6.79. The molecular formula is C21H25N5O3. The maximum absolute atomic E-state index is 12.8. The Morgan fingerprint density at radius 2 is 1.83 bits per heavy atom. The maximum atomic E-state index is 12.8. The summed E-state index contributed by atoms with van der Waals surface area (Å²) in [7, 11) is 5.45. The van der Waals surface area contributed by atoms with Gasteiger partial charge < -0.3 is 20.3 Å². The van der Waals surface area contributed by atoms with E-state index >= 15 is 0 Å². The molecule has 0 aliphatic heterocycles. The van der Waals surface area contributed by atoms with Gasteiger partial charge >= 0.3 is 0 Å². The second-order valence-corrected chi connectivity index (χ2v) is 6.79. The van der Waals surface area contributed by atoms with E-state index in [4.69, 9.17) is 4.74 Å². The van der Waals surface area contributed by atoms with Crippen LogP contribution in [-0.4, -0.2) is 60.4 Å². The van der Waals surface area contributed by atoms with Gasteiger partial charge in [0.2, 0.25) is 5.82 Å². The highest BCUT2D eigenvalue weighted by Gasteiger charge is 2.21. The molecule has 29 heavy (non-hydrogen) atoms. The summed E-state index contributed by atoms with van der Waals surface area (Å²) in [6, 6.07) is 12.8. The number of imidazole rings is 1. The van der Waals surface area contributed by atoms with Crippen LogP contribution in [-0.2, 0) is 6.54 Å². The van der Waals surface area contributed by atoms with Crippen molar-refractivity contribution in [3.8, 4) is 5.75 Å². The number of hydrogen-bond acceptors (Lipinski definition) is 5. The number of nitrogens with zero attached hydrogens (tertiary/aromatic N) is 3. The highest BCUT2D eigenvalue weighted by Crippen LogP contribution is 2.18. The Labute approximate surface area is 169 Å². The molecule has 1 aromatic carbocycles. The zero-order valence-corrected chi connectivity index (χ0v) is 16.8. The lowest BCUT2D eigenvalue weighted by molar-refractivity contribution is 0.0940. The first-order valence-corrected chi connectivity index (χ1v) is 9.31. The normalized spacial score (nSPS) is 10.9. The minimum Gasteiger partial charge on any atom is -0.496 e. The Kier molecular flexibility index (Phi) is 6.46. The van der Waals surface area contributed by atoms with E-state index in [2.05, 4.69) is 15.6 Å². The van der Waals surface area contributed by atoms with Crippen LogP contribution in [0.25, 0.3) is 5.52 Å². The monoisotopic (exact) mass is 395 g/mol. The lowest BCUT2D eigenvalue weighted by Crippen LogP contribution is -2.32. The number of benzene rings is 1. The van der Waals surface area contributed by atoms with Gasteiger partial charge in [0.15, 0.2) is 5.69 Å². The lowest BCUT2D eigenvalue weighted by atomic mass is 10.2. The number of likely N-dealkylation sites (N-methyl/N-ethyl adjacent to an activating group) is 1. The van der Waals surface area contributed by atoms with Crippen molar-refractivity contribution in [2.45, 2.75) is 6.54 Å². The average Bonchev–Trinajstić information content (AvgIpc) is 3.12. The van der Waals surface area contributed by atoms with Crippen molar-refractivity contribution >= 4 is 17.3 Å². The zero-order valence-electron chi connectivity index (χ0n) is 16.8. The zero-order chi connectivity index (χ0) is 20.8. The Morgan fingerprint density at radius 3 is 2.59 bits per heavy atom. The number of para-hydroxylation sites is 1. The number of carbonyl (C=O) groups excluding carboxylic acids is 2. The van der Waals surface area contributed by atoms with Gasteiger partial charge in [-0.15, -0.1) is 0 Å². The number of rotatable bonds is 8. The maximum Gasteiger partial charge on any atom is 0.287 e. The second kappa shape index (κ2) is 9.20. The molecule has 0 atom stereocenters. The van der Waals surface area contributed by atoms with Crippen LogP contribution < -0.4 is 15.4 Å². The number of carbonyl (C=O) groups is 2. The number of nitrogens with one attached hydrogen (secondary N) is 2. The molecular weight excluding hydrogens is 370 g/mol. The number of fused-ring (bicyclic) bond motifs is 1. The van der Waals surface area contributed by atoms with E-state index in [1.165, 1.54) is 0 Å². The minimum atomic E-state index is -0.355. The van der Waals surface area contributed by atoms with Crippen LogP contribution in [0.2, 0.25) is 0 Å². The van der Waals surface area contributed by atoms with Crippen LogP contribution in [0, 0.1) is 0 Å². The van der Waals surface area contributed by atoms with Crippen molar-refractivity contribution in [2.75, 3.05) is 34.3 Å². The highest BCUT2D eigenvalue weighted by atomic mass is 16.5. The molecule has 2 aromatic heterocycles. The van der Waals surface area contributed by atoms with E-state index in [0.717, 1.165) is 5.56 Å². The molecule has 8 heteroatoms. The highest BCUT2D eigenvalue weighted by molar-refractivity contribution is 6.02. The molecule has 2 heterocycles. The SMILES string of the molecule is COc1ccccc1CNC(=O)c1nc(C(=O)NCCN(C)C)n2ccccc12. The van der Waals surface area contributed by atoms with Crippen molar-refractivity contribution in [3.63, 3.8) is 0 Å². The molecule has 0 unspecified atom stereocenters. The Hall–Kier alpha value is -3.39. The van der Waals surface area contributed by atoms with Gasteiger partial charge in [-0.05, 0) is 32.3 Å². The van der Waals surface area contributed by atoms with Gasteiger partial charge in [-0.1, -0.05) is 24.3 Å². The standard InChI is InChI=1S/C21H25N5O3/c1-25(2)13-11-22-21(28)19-24-18(16-9-6-7-12-26(16)19)20(27)23-14-15-8-4-5-10-17(15)29-3/h4-10,12H,11,13-14H2,1-3H3,(H,22,28)(H,23,27). The van der Waals surface area contributed by atoms with Gasteiger partial charge in [-0.25, -0.2) is 4.98 Å². The van der Waals surface area contributed by atoms with E-state index in [0.29, 0.717) is 30.9 Å². The number of aromatic nitrogens is 2. The Morgan fingerprint density at radius 1 is 1.07 bits per heavy atom. The number of methoxy groups -OCH3 is 1. The van der Waals surface area contributed by atoms with Crippen LogP contribution >= 0.6 is 0 Å². The first-order valence-electron chi connectivity index (χ1n) is 9.31.